The molecule has 1 N–H and O–H groups in total. The van der Waals surface area contributed by atoms with Gasteiger partial charge in [-0.15, -0.1) is 13.2 Å². The molecule has 1 aliphatic carbocycles. The van der Waals surface area contributed by atoms with Crippen LogP contribution in [0.15, 0.2) is 24.0 Å². The molecule has 0 radical (unpaired) electrons. The number of aliphatic hydroxyl groups is 1. The van der Waals surface area contributed by atoms with Gasteiger partial charge >= 0.3 is 6.36 Å². The fourth-order valence-electron chi connectivity index (χ4n) is 0.858. The number of aliphatic hydroxyl groups excluding tert-OH is 1. The van der Waals surface area contributed by atoms with Crippen LogP contribution in [0.4, 0.5) is 13.2 Å². The summed E-state index contributed by atoms with van der Waals surface area (Å²) >= 11 is 0. The van der Waals surface area contributed by atoms with Crippen molar-refractivity contribution in [1.29, 1.82) is 0 Å². The van der Waals surface area contributed by atoms with E-state index in [2.05, 4.69) is 4.74 Å². The Labute approximate surface area is 66.9 Å². The highest BCUT2D eigenvalue weighted by Gasteiger charge is 2.32. The first-order chi connectivity index (χ1) is 5.47. The molecule has 0 heterocycles. The van der Waals surface area contributed by atoms with Gasteiger partial charge in [0.2, 0.25) is 0 Å². The van der Waals surface area contributed by atoms with Crippen molar-refractivity contribution in [1.82, 2.24) is 0 Å². The number of hydrogen-bond acceptors (Lipinski definition) is 2. The Morgan fingerprint density at radius 2 is 2.17 bits per heavy atom. The number of ether oxygens (including phenoxy) is 1. The summed E-state index contributed by atoms with van der Waals surface area (Å²) in [5.41, 5.74) is 0. The summed E-state index contributed by atoms with van der Waals surface area (Å²) in [4.78, 5) is 0. The fourth-order valence-corrected chi connectivity index (χ4v) is 0.858. The van der Waals surface area contributed by atoms with E-state index < -0.39 is 12.5 Å². The average Bonchev–Trinajstić information content (AvgIpc) is 1.82. The van der Waals surface area contributed by atoms with E-state index in [4.69, 9.17) is 5.11 Å². The van der Waals surface area contributed by atoms with E-state index in [9.17, 15) is 13.2 Å². The first-order valence-electron chi connectivity index (χ1n) is 3.28. The van der Waals surface area contributed by atoms with Crippen molar-refractivity contribution >= 4 is 0 Å². The number of hydrogen-bond donors (Lipinski definition) is 1. The Morgan fingerprint density at radius 3 is 2.67 bits per heavy atom. The van der Waals surface area contributed by atoms with Crippen LogP contribution in [-0.4, -0.2) is 17.6 Å². The van der Waals surface area contributed by atoms with Crippen molar-refractivity contribution in [2.24, 2.45) is 0 Å². The minimum Gasteiger partial charge on any atom is -0.410 e. The summed E-state index contributed by atoms with van der Waals surface area (Å²) in [6.07, 6.45) is -1.78. The van der Waals surface area contributed by atoms with Gasteiger partial charge in [-0.2, -0.15) is 0 Å². The molecule has 0 aromatic heterocycles. The summed E-state index contributed by atoms with van der Waals surface area (Å²) in [5, 5.41) is 8.90. The molecule has 0 aliphatic heterocycles. The van der Waals surface area contributed by atoms with E-state index in [0.717, 1.165) is 0 Å². The number of rotatable bonds is 1. The Balaban J connectivity index is 2.54. The van der Waals surface area contributed by atoms with Crippen molar-refractivity contribution in [2.75, 3.05) is 0 Å². The molecule has 0 saturated heterocycles. The highest BCUT2D eigenvalue weighted by atomic mass is 19.4. The first kappa shape index (κ1) is 9.12. The van der Waals surface area contributed by atoms with Gasteiger partial charge in [0.05, 0.1) is 6.10 Å². The van der Waals surface area contributed by atoms with Gasteiger partial charge < -0.3 is 9.84 Å². The molecule has 0 aromatic rings. The lowest BCUT2D eigenvalue weighted by molar-refractivity contribution is -0.307. The molecule has 1 aliphatic rings. The average molecular weight is 180 g/mol. The zero-order valence-electron chi connectivity index (χ0n) is 6.01. The Morgan fingerprint density at radius 1 is 1.50 bits per heavy atom. The minimum atomic E-state index is -4.67. The van der Waals surface area contributed by atoms with E-state index in [1.165, 1.54) is 18.2 Å². The third-order valence-corrected chi connectivity index (χ3v) is 1.27. The molecule has 0 fully saturated rings. The van der Waals surface area contributed by atoms with Gasteiger partial charge in [0.15, 0.2) is 0 Å². The number of halogens is 3. The van der Waals surface area contributed by atoms with Gasteiger partial charge in [-0.25, -0.2) is 0 Å². The van der Waals surface area contributed by atoms with E-state index in [-0.39, 0.29) is 12.2 Å². The van der Waals surface area contributed by atoms with Crippen LogP contribution in [0.5, 0.6) is 0 Å². The second kappa shape index (κ2) is 3.18. The highest BCUT2D eigenvalue weighted by molar-refractivity contribution is 5.16. The van der Waals surface area contributed by atoms with Crippen LogP contribution >= 0.6 is 0 Å². The lowest BCUT2D eigenvalue weighted by Crippen LogP contribution is -2.17. The maximum absolute atomic E-state index is 11.6. The van der Waals surface area contributed by atoms with Crippen molar-refractivity contribution in [3.8, 4) is 0 Å². The van der Waals surface area contributed by atoms with Crippen LogP contribution in [0.3, 0.4) is 0 Å². The Kier molecular flexibility index (Phi) is 2.42. The highest BCUT2D eigenvalue weighted by Crippen LogP contribution is 2.24. The topological polar surface area (TPSA) is 29.5 Å². The Hall–Kier alpha value is -0.970. The van der Waals surface area contributed by atoms with Gasteiger partial charge in [-0.05, 0) is 6.08 Å². The smallest absolute Gasteiger partial charge is 0.410 e. The SMILES string of the molecule is OC1C=CC=C(OC(F)(F)F)C1. The third-order valence-electron chi connectivity index (χ3n) is 1.27. The van der Waals surface area contributed by atoms with Crippen molar-refractivity contribution < 1.29 is 23.0 Å². The third kappa shape index (κ3) is 2.96. The molecule has 68 valence electrons. The van der Waals surface area contributed by atoms with E-state index in [0.29, 0.717) is 0 Å². The van der Waals surface area contributed by atoms with Gasteiger partial charge in [-0.3, -0.25) is 0 Å². The Bertz CT molecular complexity index is 217. The van der Waals surface area contributed by atoms with Crippen LogP contribution < -0.4 is 0 Å². The standard InChI is InChI=1S/C7H7F3O2/c8-7(9,10)12-6-3-1-2-5(11)4-6/h1-3,5,11H,4H2. The van der Waals surface area contributed by atoms with Gasteiger partial charge in [0, 0.05) is 6.42 Å². The van der Waals surface area contributed by atoms with E-state index in [1.54, 1.807) is 0 Å². The summed E-state index contributed by atoms with van der Waals surface area (Å²) in [7, 11) is 0. The maximum Gasteiger partial charge on any atom is 0.572 e. The molecule has 0 spiro atoms. The molecule has 1 atom stereocenters. The molecular formula is C7H7F3O2. The molecule has 5 heteroatoms. The van der Waals surface area contributed by atoms with Gasteiger partial charge in [-0.1, -0.05) is 12.2 Å². The van der Waals surface area contributed by atoms with E-state index in [1.807, 2.05) is 0 Å². The van der Waals surface area contributed by atoms with Crippen LogP contribution in [0.2, 0.25) is 0 Å². The zero-order valence-corrected chi connectivity index (χ0v) is 6.01. The van der Waals surface area contributed by atoms with Crippen molar-refractivity contribution in [3.05, 3.63) is 24.0 Å². The lowest BCUT2D eigenvalue weighted by Gasteiger charge is -2.16. The summed E-state index contributed by atoms with van der Waals surface area (Å²) in [6, 6.07) is 0. The molecule has 0 bridgehead atoms. The van der Waals surface area contributed by atoms with Crippen LogP contribution in [0.1, 0.15) is 6.42 Å². The van der Waals surface area contributed by atoms with Crippen LogP contribution in [0, 0.1) is 0 Å². The molecule has 0 saturated carbocycles. The van der Waals surface area contributed by atoms with Gasteiger partial charge in [0.25, 0.3) is 0 Å². The predicted octanol–water partition coefficient (Wildman–Crippen LogP) is 1.73. The molecule has 0 amide bonds. The first-order valence-corrected chi connectivity index (χ1v) is 3.28. The molecular weight excluding hydrogens is 173 g/mol. The predicted molar refractivity (Wildman–Crippen MR) is 35.0 cm³/mol. The summed E-state index contributed by atoms with van der Waals surface area (Å²) in [5.74, 6) is -0.266. The van der Waals surface area contributed by atoms with Crippen molar-refractivity contribution in [3.63, 3.8) is 0 Å². The molecule has 1 rings (SSSR count). The minimum absolute atomic E-state index is 0.129. The molecule has 2 nitrogen and oxygen atoms in total. The quantitative estimate of drug-likeness (QED) is 0.665. The van der Waals surface area contributed by atoms with Crippen LogP contribution in [-0.2, 0) is 4.74 Å². The fraction of sp³-hybridized carbons (Fsp3) is 0.429. The zero-order chi connectivity index (χ0) is 9.19. The molecule has 12 heavy (non-hydrogen) atoms. The molecule has 1 unspecified atom stereocenters. The lowest BCUT2D eigenvalue weighted by atomic mass is 10.1. The normalized spacial score (nSPS) is 23.7. The second-order valence-electron chi connectivity index (χ2n) is 2.34. The second-order valence-corrected chi connectivity index (χ2v) is 2.34. The monoisotopic (exact) mass is 180 g/mol. The number of allylic oxidation sites excluding steroid dienone is 2. The summed E-state index contributed by atoms with van der Waals surface area (Å²) < 4.78 is 38.4. The van der Waals surface area contributed by atoms with Crippen LogP contribution in [0.25, 0.3) is 0 Å². The number of alkyl halides is 3. The molecule has 0 aromatic carbocycles. The summed E-state index contributed by atoms with van der Waals surface area (Å²) in [6.45, 7) is 0. The largest absolute Gasteiger partial charge is 0.572 e. The maximum atomic E-state index is 11.6. The van der Waals surface area contributed by atoms with Gasteiger partial charge in [0.1, 0.15) is 5.76 Å². The van der Waals surface area contributed by atoms with E-state index >= 15 is 0 Å². The van der Waals surface area contributed by atoms with Crippen molar-refractivity contribution in [2.45, 2.75) is 18.9 Å².